The molecule has 0 saturated heterocycles. The molecule has 1 aliphatic carbocycles. The van der Waals surface area contributed by atoms with Crippen LogP contribution in [0.2, 0.25) is 0 Å². The Morgan fingerprint density at radius 2 is 2.04 bits per heavy atom. The zero-order valence-electron chi connectivity index (χ0n) is 15.1. The average Bonchev–Trinajstić information content (AvgIpc) is 2.95. The van der Waals surface area contributed by atoms with E-state index in [1.54, 1.807) is 34.5 Å². The maximum absolute atomic E-state index is 12.4. The van der Waals surface area contributed by atoms with Crippen LogP contribution in [0.1, 0.15) is 16.2 Å². The first-order valence-corrected chi connectivity index (χ1v) is 8.29. The van der Waals surface area contributed by atoms with Crippen LogP contribution in [0.15, 0.2) is 47.4 Å². The van der Waals surface area contributed by atoms with Gasteiger partial charge in [-0.25, -0.2) is 9.78 Å². The highest BCUT2D eigenvalue weighted by molar-refractivity contribution is 5.89. The molecule has 27 heavy (non-hydrogen) atoms. The molecule has 0 unspecified atom stereocenters. The maximum atomic E-state index is 12.4. The van der Waals surface area contributed by atoms with E-state index in [2.05, 4.69) is 15.3 Å². The largest absolute Gasteiger partial charge is 0.464 e. The molecule has 0 amide bonds. The zero-order chi connectivity index (χ0) is 19.1. The third-order valence-corrected chi connectivity index (χ3v) is 4.39. The molecule has 0 fully saturated rings. The van der Waals surface area contributed by atoms with Crippen molar-refractivity contribution in [2.45, 2.75) is 6.92 Å². The summed E-state index contributed by atoms with van der Waals surface area (Å²) >= 11 is 0. The van der Waals surface area contributed by atoms with E-state index < -0.39 is 5.97 Å². The molecule has 0 atom stereocenters. The van der Waals surface area contributed by atoms with Gasteiger partial charge in [0, 0.05) is 24.7 Å². The van der Waals surface area contributed by atoms with Crippen molar-refractivity contribution < 1.29 is 9.53 Å². The Labute approximate surface area is 154 Å². The summed E-state index contributed by atoms with van der Waals surface area (Å²) in [5.74, 6) is -0.0935. The van der Waals surface area contributed by atoms with Crippen molar-refractivity contribution in [2.24, 2.45) is 7.05 Å². The monoisotopic (exact) mass is 363 g/mol. The number of carbonyl (C=O) groups excluding carboxylic acids is 1. The molecule has 0 aliphatic heterocycles. The predicted octanol–water partition coefficient (Wildman–Crippen LogP) is 2.38. The lowest BCUT2D eigenvalue weighted by molar-refractivity contribution is 0.0590. The fraction of sp³-hybridized carbons (Fsp3) is 0.158. The number of fused-ring (bicyclic) bond motifs is 1. The predicted molar refractivity (Wildman–Crippen MR) is 102 cm³/mol. The molecule has 0 aromatic carbocycles. The van der Waals surface area contributed by atoms with Gasteiger partial charge in [0.15, 0.2) is 5.65 Å². The number of nitrogens with one attached hydrogen (secondary N) is 1. The maximum Gasteiger partial charge on any atom is 0.354 e. The number of esters is 1. The Balaban J connectivity index is 1.79. The number of carbonyl (C=O) groups is 1. The lowest BCUT2D eigenvalue weighted by Gasteiger charge is -2.15. The van der Waals surface area contributed by atoms with Gasteiger partial charge in [0.25, 0.3) is 5.56 Å². The molecule has 136 valence electrons. The van der Waals surface area contributed by atoms with Gasteiger partial charge in [0.2, 0.25) is 5.95 Å². The SMILES string of the molecule is COC(=O)c1cc(Nc2nc(C)c3ccc(=O)n(C4=CC=C4)c3n2)cn1C. The summed E-state index contributed by atoms with van der Waals surface area (Å²) in [6, 6.07) is 4.90. The Hall–Kier alpha value is -3.68. The van der Waals surface area contributed by atoms with E-state index in [4.69, 9.17) is 4.74 Å². The molecule has 3 heterocycles. The van der Waals surface area contributed by atoms with E-state index in [9.17, 15) is 9.59 Å². The summed E-state index contributed by atoms with van der Waals surface area (Å²) in [7, 11) is 3.08. The summed E-state index contributed by atoms with van der Waals surface area (Å²) in [5.41, 5.74) is 2.93. The Morgan fingerprint density at radius 3 is 2.70 bits per heavy atom. The normalized spacial score (nSPS) is 12.6. The van der Waals surface area contributed by atoms with E-state index in [0.717, 1.165) is 16.8 Å². The van der Waals surface area contributed by atoms with Crippen molar-refractivity contribution in [1.82, 2.24) is 19.1 Å². The molecular formula is C19H17N5O3. The highest BCUT2D eigenvalue weighted by atomic mass is 16.5. The van der Waals surface area contributed by atoms with E-state index in [1.165, 1.54) is 13.2 Å². The van der Waals surface area contributed by atoms with Crippen molar-refractivity contribution in [3.05, 3.63) is 64.4 Å². The van der Waals surface area contributed by atoms with Crippen molar-refractivity contribution in [2.75, 3.05) is 12.4 Å². The number of hydrogen-bond acceptors (Lipinski definition) is 6. The molecular weight excluding hydrogens is 346 g/mol. The van der Waals surface area contributed by atoms with Crippen molar-refractivity contribution >= 4 is 34.3 Å². The van der Waals surface area contributed by atoms with Gasteiger partial charge in [-0.15, -0.1) is 0 Å². The highest BCUT2D eigenvalue weighted by Gasteiger charge is 2.15. The molecule has 4 rings (SSSR count). The number of rotatable bonds is 4. The number of allylic oxidation sites excluding steroid dienone is 4. The first-order valence-electron chi connectivity index (χ1n) is 8.29. The molecule has 3 aromatic heterocycles. The second-order valence-corrected chi connectivity index (χ2v) is 6.17. The van der Waals surface area contributed by atoms with Crippen LogP contribution >= 0.6 is 0 Å². The quantitative estimate of drug-likeness (QED) is 0.716. The molecule has 1 aliphatic rings. The Kier molecular flexibility index (Phi) is 3.88. The van der Waals surface area contributed by atoms with Crippen LogP contribution in [-0.4, -0.2) is 32.2 Å². The van der Waals surface area contributed by atoms with Crippen LogP contribution in [0.5, 0.6) is 0 Å². The van der Waals surface area contributed by atoms with Gasteiger partial charge >= 0.3 is 5.97 Å². The number of hydrogen-bond donors (Lipinski definition) is 1. The van der Waals surface area contributed by atoms with Crippen LogP contribution in [0.25, 0.3) is 16.7 Å². The third kappa shape index (κ3) is 2.80. The topological polar surface area (TPSA) is 91.0 Å². The molecule has 1 N–H and O–H groups in total. The summed E-state index contributed by atoms with van der Waals surface area (Å²) in [5, 5.41) is 3.89. The molecule has 0 bridgehead atoms. The number of anilines is 2. The fourth-order valence-corrected chi connectivity index (χ4v) is 2.97. The number of aromatic nitrogens is 4. The van der Waals surface area contributed by atoms with E-state index in [0.29, 0.717) is 23.0 Å². The summed E-state index contributed by atoms with van der Waals surface area (Å²) in [4.78, 5) is 33.1. The van der Waals surface area contributed by atoms with Gasteiger partial charge in [-0.05, 0) is 31.2 Å². The Morgan fingerprint density at radius 1 is 1.26 bits per heavy atom. The minimum absolute atomic E-state index is 0.158. The second-order valence-electron chi connectivity index (χ2n) is 6.17. The van der Waals surface area contributed by atoms with E-state index >= 15 is 0 Å². The summed E-state index contributed by atoms with van der Waals surface area (Å²) < 4.78 is 7.97. The van der Waals surface area contributed by atoms with Crippen molar-refractivity contribution in [3.63, 3.8) is 0 Å². The van der Waals surface area contributed by atoms with Crippen LogP contribution < -0.4 is 10.9 Å². The number of aryl methyl sites for hydroxylation is 2. The van der Waals surface area contributed by atoms with Crippen LogP contribution in [0.4, 0.5) is 11.6 Å². The lowest BCUT2D eigenvalue weighted by Crippen LogP contribution is -2.20. The van der Waals surface area contributed by atoms with Crippen LogP contribution in [0, 0.1) is 6.92 Å². The fourth-order valence-electron chi connectivity index (χ4n) is 2.97. The minimum atomic E-state index is -0.432. The first kappa shape index (κ1) is 16.8. The molecule has 0 saturated carbocycles. The third-order valence-electron chi connectivity index (χ3n) is 4.39. The van der Waals surface area contributed by atoms with E-state index in [1.807, 2.05) is 25.2 Å². The van der Waals surface area contributed by atoms with Crippen molar-refractivity contribution in [1.29, 1.82) is 0 Å². The standard InChI is InChI=1S/C19H17N5O3/c1-11-14-7-8-16(25)24(13-5-4-6-13)17(14)22-19(20-11)21-12-9-15(18(26)27-3)23(2)10-12/h4-10H,1-3H3,(H,20,21,22). The first-order chi connectivity index (χ1) is 13.0. The van der Waals surface area contributed by atoms with Crippen LogP contribution in [-0.2, 0) is 11.8 Å². The van der Waals surface area contributed by atoms with Gasteiger partial charge in [-0.2, -0.15) is 4.98 Å². The van der Waals surface area contributed by atoms with Gasteiger partial charge in [-0.1, -0.05) is 6.08 Å². The Bertz CT molecular complexity index is 1200. The smallest absolute Gasteiger partial charge is 0.354 e. The number of pyridine rings is 1. The lowest BCUT2D eigenvalue weighted by atomic mass is 10.2. The zero-order valence-corrected chi connectivity index (χ0v) is 15.1. The van der Waals surface area contributed by atoms with Crippen molar-refractivity contribution in [3.8, 4) is 0 Å². The second kappa shape index (κ2) is 6.24. The van der Waals surface area contributed by atoms with E-state index in [-0.39, 0.29) is 5.56 Å². The van der Waals surface area contributed by atoms with Gasteiger partial charge in [-0.3, -0.25) is 9.36 Å². The molecule has 8 heteroatoms. The average molecular weight is 363 g/mol. The molecule has 0 spiro atoms. The molecule has 3 aromatic rings. The molecule has 8 nitrogen and oxygen atoms in total. The number of ether oxygens (including phenoxy) is 1. The molecule has 0 radical (unpaired) electrons. The summed E-state index contributed by atoms with van der Waals surface area (Å²) in [6.45, 7) is 1.86. The van der Waals surface area contributed by atoms with Gasteiger partial charge in [0.1, 0.15) is 5.69 Å². The summed E-state index contributed by atoms with van der Waals surface area (Å²) in [6.07, 6.45) is 7.31. The number of nitrogens with zero attached hydrogens (tertiary/aromatic N) is 4. The van der Waals surface area contributed by atoms with Crippen LogP contribution in [0.3, 0.4) is 0 Å². The highest BCUT2D eigenvalue weighted by Crippen LogP contribution is 2.23. The van der Waals surface area contributed by atoms with Gasteiger partial charge < -0.3 is 14.6 Å². The minimum Gasteiger partial charge on any atom is -0.464 e. The van der Waals surface area contributed by atoms with Gasteiger partial charge in [0.05, 0.1) is 24.2 Å². The number of methoxy groups -OCH3 is 1.